The molecule has 10 heteroatoms. The van der Waals surface area contributed by atoms with Gasteiger partial charge in [-0.15, -0.1) is 0 Å². The summed E-state index contributed by atoms with van der Waals surface area (Å²) in [4.78, 5) is 28.4. The lowest BCUT2D eigenvalue weighted by atomic mass is 10.2. The minimum absolute atomic E-state index is 0.0107. The van der Waals surface area contributed by atoms with Crippen molar-refractivity contribution in [3.05, 3.63) is 74.4 Å². The fourth-order valence-corrected chi connectivity index (χ4v) is 2.73. The van der Waals surface area contributed by atoms with E-state index in [2.05, 4.69) is 9.72 Å². The molecule has 28 heavy (non-hydrogen) atoms. The van der Waals surface area contributed by atoms with Crippen LogP contribution in [0.4, 0.5) is 4.39 Å². The van der Waals surface area contributed by atoms with Gasteiger partial charge in [-0.1, -0.05) is 23.2 Å². The number of esters is 2. The van der Waals surface area contributed by atoms with Crippen molar-refractivity contribution in [2.24, 2.45) is 0 Å². The molecule has 1 aromatic heterocycles. The SMILES string of the molecule is COC(=O)c1c(COC(=O)c2ccc(F)cc2)nc2cc(Cl)c(Cl)cc2[n+]1[O-]. The Labute approximate surface area is 167 Å². The van der Waals surface area contributed by atoms with E-state index < -0.39 is 30.1 Å². The topological polar surface area (TPSA) is 92.4 Å². The number of fused-ring (bicyclic) bond motifs is 1. The first-order valence-corrected chi connectivity index (χ1v) is 8.49. The van der Waals surface area contributed by atoms with Crippen LogP contribution in [0.25, 0.3) is 11.0 Å². The highest BCUT2D eigenvalue weighted by Crippen LogP contribution is 2.26. The highest BCUT2D eigenvalue weighted by Gasteiger charge is 2.28. The summed E-state index contributed by atoms with van der Waals surface area (Å²) in [6, 6.07) is 7.29. The molecule has 2 aromatic carbocycles. The Morgan fingerprint density at radius 2 is 1.79 bits per heavy atom. The van der Waals surface area contributed by atoms with Crippen LogP contribution >= 0.6 is 23.2 Å². The summed E-state index contributed by atoms with van der Waals surface area (Å²) >= 11 is 11.9. The number of hydrogen-bond donors (Lipinski definition) is 0. The molecule has 0 radical (unpaired) electrons. The molecule has 0 unspecified atom stereocenters. The van der Waals surface area contributed by atoms with Crippen molar-refractivity contribution in [1.82, 2.24) is 4.98 Å². The molecule has 0 N–H and O–H groups in total. The van der Waals surface area contributed by atoms with Gasteiger partial charge in [-0.05, 0) is 30.3 Å². The van der Waals surface area contributed by atoms with Crippen molar-refractivity contribution in [3.63, 3.8) is 0 Å². The van der Waals surface area contributed by atoms with Crippen LogP contribution in [0.3, 0.4) is 0 Å². The number of ether oxygens (including phenoxy) is 2. The number of nitrogens with zero attached hydrogens (tertiary/aromatic N) is 2. The van der Waals surface area contributed by atoms with Gasteiger partial charge in [0, 0.05) is 6.07 Å². The Balaban J connectivity index is 2.00. The summed E-state index contributed by atoms with van der Waals surface area (Å²) in [6.45, 7) is -0.501. The van der Waals surface area contributed by atoms with E-state index in [0.29, 0.717) is 0 Å². The van der Waals surface area contributed by atoms with Gasteiger partial charge in [0.15, 0.2) is 5.69 Å². The van der Waals surface area contributed by atoms with Crippen molar-refractivity contribution < 1.29 is 28.2 Å². The molecular weight excluding hydrogens is 414 g/mol. The smallest absolute Gasteiger partial charge is 0.406 e. The number of methoxy groups -OCH3 is 1. The Kier molecular flexibility index (Phi) is 5.62. The third-order valence-electron chi connectivity index (χ3n) is 3.77. The van der Waals surface area contributed by atoms with Gasteiger partial charge in [0.1, 0.15) is 17.9 Å². The van der Waals surface area contributed by atoms with Crippen LogP contribution in [0, 0.1) is 11.0 Å². The first kappa shape index (κ1) is 19.8. The summed E-state index contributed by atoms with van der Waals surface area (Å²) in [5.74, 6) is -2.27. The Morgan fingerprint density at radius 3 is 2.43 bits per heavy atom. The van der Waals surface area contributed by atoms with Crippen LogP contribution < -0.4 is 4.73 Å². The van der Waals surface area contributed by atoms with E-state index in [1.165, 1.54) is 24.3 Å². The van der Waals surface area contributed by atoms with Gasteiger partial charge in [-0.2, -0.15) is 4.73 Å². The summed E-state index contributed by atoms with van der Waals surface area (Å²) in [5.41, 5.74) is -0.372. The van der Waals surface area contributed by atoms with E-state index in [4.69, 9.17) is 27.9 Å². The van der Waals surface area contributed by atoms with Crippen LogP contribution in [0.1, 0.15) is 26.5 Å². The highest BCUT2D eigenvalue weighted by molar-refractivity contribution is 6.42. The van der Waals surface area contributed by atoms with Crippen LogP contribution in [-0.2, 0) is 16.1 Å². The van der Waals surface area contributed by atoms with Crippen molar-refractivity contribution in [1.29, 1.82) is 0 Å². The molecule has 0 bridgehead atoms. The van der Waals surface area contributed by atoms with Gasteiger partial charge in [0.05, 0.1) is 22.7 Å². The largest absolute Gasteiger partial charge is 0.618 e. The zero-order valence-electron chi connectivity index (χ0n) is 14.2. The number of aromatic nitrogens is 2. The second kappa shape index (κ2) is 7.95. The fourth-order valence-electron chi connectivity index (χ4n) is 2.42. The predicted molar refractivity (Wildman–Crippen MR) is 97.6 cm³/mol. The molecule has 0 saturated heterocycles. The van der Waals surface area contributed by atoms with E-state index in [1.807, 2.05) is 0 Å². The molecular formula is C18H11Cl2FN2O5. The third-order valence-corrected chi connectivity index (χ3v) is 4.49. The zero-order valence-corrected chi connectivity index (χ0v) is 15.8. The molecule has 0 aliphatic carbocycles. The molecule has 0 atom stereocenters. The molecule has 1 heterocycles. The van der Waals surface area contributed by atoms with Crippen molar-refractivity contribution in [2.45, 2.75) is 6.61 Å². The van der Waals surface area contributed by atoms with E-state index in [9.17, 15) is 19.2 Å². The van der Waals surface area contributed by atoms with E-state index >= 15 is 0 Å². The van der Waals surface area contributed by atoms with E-state index in [0.717, 1.165) is 19.2 Å². The summed E-state index contributed by atoms with van der Waals surface area (Å²) in [7, 11) is 1.09. The quantitative estimate of drug-likeness (QED) is 0.361. The van der Waals surface area contributed by atoms with E-state index in [-0.39, 0.29) is 37.1 Å². The average Bonchev–Trinajstić information content (AvgIpc) is 2.68. The Morgan fingerprint density at radius 1 is 1.14 bits per heavy atom. The molecule has 0 spiro atoms. The predicted octanol–water partition coefficient (Wildman–Crippen LogP) is 3.46. The fraction of sp³-hybridized carbons (Fsp3) is 0.111. The number of carbonyl (C=O) groups excluding carboxylic acids is 2. The van der Waals surface area contributed by atoms with E-state index in [1.54, 1.807) is 0 Å². The molecule has 3 rings (SSSR count). The lowest BCUT2D eigenvalue weighted by molar-refractivity contribution is -0.581. The third kappa shape index (κ3) is 3.83. The highest BCUT2D eigenvalue weighted by atomic mass is 35.5. The molecule has 0 aliphatic rings. The summed E-state index contributed by atoms with van der Waals surface area (Å²) in [5, 5.41) is 12.9. The second-order valence-corrected chi connectivity index (χ2v) is 6.35. The van der Waals surface area contributed by atoms with Crippen LogP contribution in [-0.4, -0.2) is 24.0 Å². The first-order chi connectivity index (χ1) is 13.3. The lowest BCUT2D eigenvalue weighted by Crippen LogP contribution is -2.38. The summed E-state index contributed by atoms with van der Waals surface area (Å²) < 4.78 is 23.0. The number of halogens is 3. The lowest BCUT2D eigenvalue weighted by Gasteiger charge is -2.11. The van der Waals surface area contributed by atoms with Crippen LogP contribution in [0.2, 0.25) is 10.0 Å². The maximum absolute atomic E-state index is 13.0. The standard InChI is InChI=1S/C18H11Cl2FN2O5/c1-27-18(25)16-14(8-28-17(24)9-2-4-10(21)5-3-9)22-13-6-11(19)12(20)7-15(13)23(16)26/h2-7H,8H2,1H3. The average molecular weight is 425 g/mol. The van der Waals surface area contributed by atoms with Crippen LogP contribution in [0.15, 0.2) is 36.4 Å². The van der Waals surface area contributed by atoms with Gasteiger partial charge < -0.3 is 14.7 Å². The normalized spacial score (nSPS) is 10.7. The molecule has 0 amide bonds. The van der Waals surface area contributed by atoms with Gasteiger partial charge in [0.25, 0.3) is 0 Å². The Hall–Kier alpha value is -2.97. The van der Waals surface area contributed by atoms with Crippen molar-refractivity contribution in [3.8, 4) is 0 Å². The molecule has 0 fully saturated rings. The number of rotatable bonds is 4. The zero-order chi connectivity index (χ0) is 20.4. The maximum Gasteiger partial charge on any atom is 0.406 e. The van der Waals surface area contributed by atoms with Crippen LogP contribution in [0.5, 0.6) is 0 Å². The maximum atomic E-state index is 13.0. The minimum atomic E-state index is -0.969. The molecule has 0 aliphatic heterocycles. The number of hydrogen-bond acceptors (Lipinski definition) is 6. The number of benzene rings is 2. The van der Waals surface area contributed by atoms with Crippen molar-refractivity contribution in [2.75, 3.05) is 7.11 Å². The van der Waals surface area contributed by atoms with Gasteiger partial charge in [0.2, 0.25) is 5.52 Å². The van der Waals surface area contributed by atoms with Gasteiger partial charge in [-0.25, -0.2) is 19.0 Å². The first-order valence-electron chi connectivity index (χ1n) is 7.74. The molecule has 3 aromatic rings. The Bertz CT molecular complexity index is 1090. The van der Waals surface area contributed by atoms with Crippen molar-refractivity contribution >= 4 is 46.2 Å². The van der Waals surface area contributed by atoms with Gasteiger partial charge in [-0.3, -0.25) is 0 Å². The minimum Gasteiger partial charge on any atom is -0.618 e. The second-order valence-electron chi connectivity index (χ2n) is 5.53. The molecule has 0 saturated carbocycles. The van der Waals surface area contributed by atoms with Gasteiger partial charge >= 0.3 is 17.6 Å². The molecule has 144 valence electrons. The monoisotopic (exact) mass is 424 g/mol. The molecule has 7 nitrogen and oxygen atoms in total. The number of carbonyl (C=O) groups is 2. The summed E-state index contributed by atoms with van der Waals surface area (Å²) in [6.07, 6.45) is 0.